The number of carbonyl (C=O) groups excluding carboxylic acids is 2. The maximum Gasteiger partial charge on any atom is 0.327 e. The van der Waals surface area contributed by atoms with Gasteiger partial charge in [-0.25, -0.2) is 9.67 Å². The van der Waals surface area contributed by atoms with E-state index in [1.54, 1.807) is 24.3 Å². The second-order valence-corrected chi connectivity index (χ2v) is 5.15. The van der Waals surface area contributed by atoms with Crippen molar-refractivity contribution in [1.29, 1.82) is 0 Å². The molecule has 0 bridgehead atoms. The van der Waals surface area contributed by atoms with Crippen LogP contribution in [0, 0.1) is 0 Å². The van der Waals surface area contributed by atoms with E-state index in [9.17, 15) is 9.59 Å². The molecule has 0 radical (unpaired) electrons. The van der Waals surface area contributed by atoms with Gasteiger partial charge in [0.15, 0.2) is 0 Å². The fourth-order valence-corrected chi connectivity index (χ4v) is 1.87. The first kappa shape index (κ1) is 17.0. The second-order valence-electron chi connectivity index (χ2n) is 4.34. The number of nitrogens with zero attached hydrogens (tertiary/aromatic N) is 3. The predicted molar refractivity (Wildman–Crippen MR) is 86.2 cm³/mol. The Bertz CT molecular complexity index is 758. The van der Waals surface area contributed by atoms with Crippen molar-refractivity contribution in [2.24, 2.45) is 0 Å². The minimum atomic E-state index is -0.465. The van der Waals surface area contributed by atoms with Gasteiger partial charge in [0.2, 0.25) is 5.95 Å². The van der Waals surface area contributed by atoms with Gasteiger partial charge < -0.3 is 4.74 Å². The topological polar surface area (TPSA) is 86.1 Å². The van der Waals surface area contributed by atoms with Gasteiger partial charge in [-0.05, 0) is 23.8 Å². The van der Waals surface area contributed by atoms with E-state index < -0.39 is 11.9 Å². The van der Waals surface area contributed by atoms with Crippen molar-refractivity contribution in [2.45, 2.75) is 6.54 Å². The van der Waals surface area contributed by atoms with Crippen LogP contribution >= 0.6 is 23.2 Å². The van der Waals surface area contributed by atoms with Crippen LogP contribution < -0.4 is 5.32 Å². The molecule has 2 aromatic rings. The molecule has 9 heteroatoms. The normalized spacial score (nSPS) is 10.7. The number of amides is 1. The molecule has 0 atom stereocenters. The Hall–Kier alpha value is -2.38. The van der Waals surface area contributed by atoms with E-state index in [1.165, 1.54) is 24.2 Å². The van der Waals surface area contributed by atoms with E-state index in [2.05, 4.69) is 20.1 Å². The third-order valence-electron chi connectivity index (χ3n) is 2.66. The highest BCUT2D eigenvalue weighted by molar-refractivity contribution is 6.42. The highest BCUT2D eigenvalue weighted by Gasteiger charge is 2.07. The molecule has 0 aliphatic carbocycles. The maximum atomic E-state index is 11.8. The lowest BCUT2D eigenvalue weighted by Gasteiger charge is -1.99. The average molecular weight is 355 g/mol. The van der Waals surface area contributed by atoms with Gasteiger partial charge in [-0.3, -0.25) is 14.9 Å². The number of ether oxygens (including phenoxy) is 1. The Morgan fingerprint density at radius 1 is 1.35 bits per heavy atom. The third-order valence-corrected chi connectivity index (χ3v) is 3.40. The van der Waals surface area contributed by atoms with Gasteiger partial charge in [0.05, 0.1) is 17.2 Å². The van der Waals surface area contributed by atoms with Crippen LogP contribution in [0.1, 0.15) is 5.56 Å². The molecule has 1 heterocycles. The summed E-state index contributed by atoms with van der Waals surface area (Å²) in [6, 6.07) is 5.00. The number of esters is 1. The van der Waals surface area contributed by atoms with Gasteiger partial charge in [0, 0.05) is 6.08 Å². The highest BCUT2D eigenvalue weighted by Crippen LogP contribution is 2.23. The summed E-state index contributed by atoms with van der Waals surface area (Å²) < 4.78 is 5.76. The van der Waals surface area contributed by atoms with E-state index >= 15 is 0 Å². The SMILES string of the molecule is COC(=O)Cn1cnc(NC(=O)/C=C\c2ccc(Cl)c(Cl)c2)n1. The van der Waals surface area contributed by atoms with Crippen LogP contribution in [0.4, 0.5) is 5.95 Å². The summed E-state index contributed by atoms with van der Waals surface area (Å²) in [6.45, 7) is -0.0848. The van der Waals surface area contributed by atoms with Crippen molar-refractivity contribution >= 4 is 47.1 Å². The number of anilines is 1. The van der Waals surface area contributed by atoms with Crippen molar-refractivity contribution in [1.82, 2.24) is 14.8 Å². The molecule has 0 spiro atoms. The Labute approximate surface area is 141 Å². The molecule has 0 fully saturated rings. The van der Waals surface area contributed by atoms with E-state index in [1.807, 2.05) is 0 Å². The van der Waals surface area contributed by atoms with Crippen LogP contribution in [0.15, 0.2) is 30.6 Å². The van der Waals surface area contributed by atoms with Gasteiger partial charge in [-0.2, -0.15) is 0 Å². The summed E-state index contributed by atoms with van der Waals surface area (Å²) in [5.41, 5.74) is 0.721. The molecule has 0 saturated carbocycles. The number of carbonyl (C=O) groups is 2. The molecular formula is C14H12Cl2N4O3. The molecule has 0 saturated heterocycles. The quantitative estimate of drug-likeness (QED) is 0.658. The lowest BCUT2D eigenvalue weighted by atomic mass is 10.2. The van der Waals surface area contributed by atoms with Crippen LogP contribution in [0.25, 0.3) is 6.08 Å². The number of methoxy groups -OCH3 is 1. The van der Waals surface area contributed by atoms with Crippen molar-refractivity contribution in [2.75, 3.05) is 12.4 Å². The summed E-state index contributed by atoms with van der Waals surface area (Å²) in [6.07, 6.45) is 4.19. The Kier molecular flexibility index (Phi) is 5.72. The van der Waals surface area contributed by atoms with Crippen LogP contribution in [0.3, 0.4) is 0 Å². The zero-order valence-electron chi connectivity index (χ0n) is 12.0. The Balaban J connectivity index is 1.95. The third kappa shape index (κ3) is 5.08. The number of halogens is 2. The van der Waals surface area contributed by atoms with E-state index in [0.29, 0.717) is 10.0 Å². The average Bonchev–Trinajstić information content (AvgIpc) is 2.95. The van der Waals surface area contributed by atoms with Crippen molar-refractivity contribution in [3.05, 3.63) is 46.2 Å². The van der Waals surface area contributed by atoms with Gasteiger partial charge in [-0.15, -0.1) is 5.10 Å². The fourth-order valence-electron chi connectivity index (χ4n) is 1.56. The van der Waals surface area contributed by atoms with Crippen LogP contribution in [-0.2, 0) is 20.9 Å². The lowest BCUT2D eigenvalue weighted by Crippen LogP contribution is -2.13. The van der Waals surface area contributed by atoms with Crippen LogP contribution in [0.2, 0.25) is 10.0 Å². The summed E-state index contributed by atoms with van der Waals surface area (Å²) in [7, 11) is 1.27. The Morgan fingerprint density at radius 3 is 2.83 bits per heavy atom. The highest BCUT2D eigenvalue weighted by atomic mass is 35.5. The maximum absolute atomic E-state index is 11.8. The molecule has 1 amide bonds. The summed E-state index contributed by atoms with van der Waals surface area (Å²) in [4.78, 5) is 26.7. The molecular weight excluding hydrogens is 343 g/mol. The van der Waals surface area contributed by atoms with E-state index in [0.717, 1.165) is 5.56 Å². The molecule has 120 valence electrons. The zero-order valence-corrected chi connectivity index (χ0v) is 13.5. The first-order valence-electron chi connectivity index (χ1n) is 6.38. The summed E-state index contributed by atoms with van der Waals surface area (Å²) in [5.74, 6) is -0.808. The summed E-state index contributed by atoms with van der Waals surface area (Å²) in [5, 5.41) is 7.23. The molecule has 2 rings (SSSR count). The first-order chi connectivity index (χ1) is 11.0. The predicted octanol–water partition coefficient (Wildman–Crippen LogP) is 2.41. The smallest absolute Gasteiger partial charge is 0.327 e. The zero-order chi connectivity index (χ0) is 16.8. The van der Waals surface area contributed by atoms with Crippen molar-refractivity contribution in [3.8, 4) is 0 Å². The van der Waals surface area contributed by atoms with Crippen molar-refractivity contribution in [3.63, 3.8) is 0 Å². The molecule has 1 aromatic carbocycles. The Morgan fingerprint density at radius 2 is 2.13 bits per heavy atom. The number of hydrogen-bond donors (Lipinski definition) is 1. The number of nitrogens with one attached hydrogen (secondary N) is 1. The van der Waals surface area contributed by atoms with Gasteiger partial charge in [0.25, 0.3) is 5.91 Å². The number of benzene rings is 1. The largest absolute Gasteiger partial charge is 0.468 e. The molecule has 0 aliphatic heterocycles. The molecule has 0 unspecified atom stereocenters. The van der Waals surface area contributed by atoms with Gasteiger partial charge >= 0.3 is 5.97 Å². The molecule has 7 nitrogen and oxygen atoms in total. The fraction of sp³-hybridized carbons (Fsp3) is 0.143. The number of rotatable bonds is 5. The molecule has 23 heavy (non-hydrogen) atoms. The van der Waals surface area contributed by atoms with E-state index in [4.69, 9.17) is 23.2 Å². The number of hydrogen-bond acceptors (Lipinski definition) is 5. The first-order valence-corrected chi connectivity index (χ1v) is 7.14. The van der Waals surface area contributed by atoms with Crippen LogP contribution in [0.5, 0.6) is 0 Å². The van der Waals surface area contributed by atoms with Gasteiger partial charge in [-0.1, -0.05) is 29.3 Å². The van der Waals surface area contributed by atoms with E-state index in [-0.39, 0.29) is 12.5 Å². The van der Waals surface area contributed by atoms with Gasteiger partial charge in [0.1, 0.15) is 12.9 Å². The second kappa shape index (κ2) is 7.75. The minimum absolute atomic E-state index is 0.0812. The van der Waals surface area contributed by atoms with Crippen molar-refractivity contribution < 1.29 is 14.3 Å². The monoisotopic (exact) mass is 354 g/mol. The standard InChI is InChI=1S/C14H12Cl2N4O3/c1-23-13(22)7-20-8-17-14(19-20)18-12(21)5-3-9-2-4-10(15)11(16)6-9/h2-6,8H,7H2,1H3,(H,18,19,21)/b5-3-. The number of aromatic nitrogens is 3. The molecule has 0 aliphatic rings. The minimum Gasteiger partial charge on any atom is -0.468 e. The lowest BCUT2D eigenvalue weighted by molar-refractivity contribution is -0.141. The summed E-state index contributed by atoms with van der Waals surface area (Å²) >= 11 is 11.7. The molecule has 1 N–H and O–H groups in total. The van der Waals surface area contributed by atoms with Crippen LogP contribution in [-0.4, -0.2) is 33.8 Å². The molecule has 1 aromatic heterocycles.